The number of nitrogens with one attached hydrogen (secondary N) is 2. The van der Waals surface area contributed by atoms with Gasteiger partial charge >= 0.3 is 12.3 Å². The van der Waals surface area contributed by atoms with Crippen molar-refractivity contribution in [1.82, 2.24) is 10.3 Å². The average molecular weight is 545 g/mol. The summed E-state index contributed by atoms with van der Waals surface area (Å²) in [6, 6.07) is 5.08. The molecule has 8 nitrogen and oxygen atoms in total. The van der Waals surface area contributed by atoms with E-state index in [1.54, 1.807) is 4.72 Å². The third kappa shape index (κ3) is 5.84. The molecular formula is C23H20F5N3O5S. The molecule has 1 aromatic heterocycles. The van der Waals surface area contributed by atoms with Crippen molar-refractivity contribution in [3.63, 3.8) is 0 Å². The molecule has 0 bridgehead atoms. The van der Waals surface area contributed by atoms with Crippen LogP contribution in [0.15, 0.2) is 41.0 Å². The van der Waals surface area contributed by atoms with E-state index in [0.29, 0.717) is 5.56 Å². The van der Waals surface area contributed by atoms with E-state index in [9.17, 15) is 35.2 Å². The third-order valence-electron chi connectivity index (χ3n) is 5.74. The first-order valence-electron chi connectivity index (χ1n) is 10.8. The minimum Gasteiger partial charge on any atom is -0.416 e. The normalized spacial score (nSPS) is 16.2. The molecule has 1 amide bonds. The number of carbonyl (C=O) groups excluding carboxylic acids is 1. The Bertz CT molecular complexity index is 1430. The van der Waals surface area contributed by atoms with Gasteiger partial charge in [-0.05, 0) is 54.7 Å². The van der Waals surface area contributed by atoms with Crippen molar-refractivity contribution in [3.8, 4) is 11.8 Å². The van der Waals surface area contributed by atoms with Crippen molar-refractivity contribution in [2.45, 2.75) is 37.9 Å². The molecule has 1 aliphatic carbocycles. The van der Waals surface area contributed by atoms with Gasteiger partial charge in [-0.1, -0.05) is 12.1 Å². The topological polar surface area (TPSA) is 111 Å². The summed E-state index contributed by atoms with van der Waals surface area (Å²) in [5.41, 5.74) is -0.613. The SMILES string of the molecule is C[C@@H](NC(=O)c1coc(Oc2cccc3c2CCC3C(F)(F)F)n1)c1cc(F)c(NS(C)(=O)=O)c(F)c1. The van der Waals surface area contributed by atoms with Crippen LogP contribution in [0.4, 0.5) is 27.6 Å². The lowest BCUT2D eigenvalue weighted by molar-refractivity contribution is -0.149. The molecule has 0 radical (unpaired) electrons. The summed E-state index contributed by atoms with van der Waals surface area (Å²) in [4.78, 5) is 16.5. The number of aromatic nitrogens is 1. The number of halogens is 5. The van der Waals surface area contributed by atoms with Crippen LogP contribution in [0, 0.1) is 11.6 Å². The number of nitrogens with zero attached hydrogens (tertiary/aromatic N) is 1. The summed E-state index contributed by atoms with van der Waals surface area (Å²) in [5.74, 6) is -4.62. The maximum Gasteiger partial charge on any atom is 0.399 e. The first-order chi connectivity index (χ1) is 17.2. The number of amides is 1. The molecule has 3 aromatic rings. The van der Waals surface area contributed by atoms with Crippen molar-refractivity contribution in [1.29, 1.82) is 0 Å². The predicted molar refractivity (Wildman–Crippen MR) is 121 cm³/mol. The number of oxazole rings is 1. The smallest absolute Gasteiger partial charge is 0.399 e. The van der Waals surface area contributed by atoms with Crippen molar-refractivity contribution >= 4 is 21.6 Å². The molecule has 2 atom stereocenters. The second-order valence-corrected chi connectivity index (χ2v) is 10.2. The Morgan fingerprint density at radius 2 is 1.89 bits per heavy atom. The largest absolute Gasteiger partial charge is 0.416 e. The number of anilines is 1. The predicted octanol–water partition coefficient (Wildman–Crippen LogP) is 5.20. The lowest BCUT2D eigenvalue weighted by atomic mass is 10.0. The summed E-state index contributed by atoms with van der Waals surface area (Å²) in [6.07, 6.45) is -3.03. The molecular weight excluding hydrogens is 525 g/mol. The fourth-order valence-corrected chi connectivity index (χ4v) is 4.60. The van der Waals surface area contributed by atoms with Crippen molar-refractivity contribution in [2.75, 3.05) is 11.0 Å². The summed E-state index contributed by atoms with van der Waals surface area (Å²) >= 11 is 0. The van der Waals surface area contributed by atoms with Gasteiger partial charge in [0.25, 0.3) is 5.91 Å². The van der Waals surface area contributed by atoms with E-state index in [1.807, 2.05) is 0 Å². The van der Waals surface area contributed by atoms with Gasteiger partial charge < -0.3 is 14.5 Å². The van der Waals surface area contributed by atoms with E-state index in [4.69, 9.17) is 9.15 Å². The molecule has 14 heteroatoms. The zero-order valence-electron chi connectivity index (χ0n) is 19.3. The zero-order valence-corrected chi connectivity index (χ0v) is 20.1. The minimum absolute atomic E-state index is 0.00133. The second-order valence-electron chi connectivity index (χ2n) is 8.49. The van der Waals surface area contributed by atoms with Crippen LogP contribution in [0.3, 0.4) is 0 Å². The Balaban J connectivity index is 1.46. The van der Waals surface area contributed by atoms with Crippen molar-refractivity contribution < 1.29 is 44.3 Å². The molecule has 1 aliphatic rings. The lowest BCUT2D eigenvalue weighted by Gasteiger charge is -2.16. The third-order valence-corrected chi connectivity index (χ3v) is 6.31. The molecule has 0 saturated carbocycles. The Morgan fingerprint density at radius 1 is 1.22 bits per heavy atom. The fraction of sp³-hybridized carbons (Fsp3) is 0.304. The van der Waals surface area contributed by atoms with Gasteiger partial charge in [0, 0.05) is 0 Å². The van der Waals surface area contributed by atoms with E-state index >= 15 is 0 Å². The number of fused-ring (bicyclic) bond motifs is 1. The first kappa shape index (κ1) is 26.4. The summed E-state index contributed by atoms with van der Waals surface area (Å²) in [6.45, 7) is 1.43. The Kier molecular flexibility index (Phi) is 6.88. The maximum absolute atomic E-state index is 14.3. The molecule has 198 valence electrons. The number of rotatable bonds is 7. The highest BCUT2D eigenvalue weighted by atomic mass is 32.2. The number of ether oxygens (including phenoxy) is 1. The molecule has 0 saturated heterocycles. The second kappa shape index (κ2) is 9.65. The van der Waals surface area contributed by atoms with Gasteiger partial charge in [0.2, 0.25) is 10.0 Å². The van der Waals surface area contributed by atoms with Crippen LogP contribution >= 0.6 is 0 Å². The highest BCUT2D eigenvalue weighted by Crippen LogP contribution is 2.47. The van der Waals surface area contributed by atoms with E-state index in [1.165, 1.54) is 25.1 Å². The Hall–Kier alpha value is -3.68. The van der Waals surface area contributed by atoms with Crippen LogP contribution in [0.25, 0.3) is 0 Å². The van der Waals surface area contributed by atoms with E-state index in [-0.39, 0.29) is 41.5 Å². The summed E-state index contributed by atoms with van der Waals surface area (Å²) in [5, 5.41) is 2.46. The minimum atomic E-state index is -4.38. The number of hydrogen-bond donors (Lipinski definition) is 2. The number of alkyl halides is 3. The molecule has 2 aromatic carbocycles. The van der Waals surface area contributed by atoms with Gasteiger partial charge in [0.05, 0.1) is 18.2 Å². The zero-order chi connectivity index (χ0) is 27.1. The van der Waals surface area contributed by atoms with Gasteiger partial charge in [0.1, 0.15) is 17.7 Å². The monoisotopic (exact) mass is 545 g/mol. The van der Waals surface area contributed by atoms with Gasteiger partial charge in [-0.3, -0.25) is 9.52 Å². The highest BCUT2D eigenvalue weighted by Gasteiger charge is 2.45. The number of benzene rings is 2. The van der Waals surface area contributed by atoms with Crippen LogP contribution in [0.1, 0.15) is 52.5 Å². The molecule has 37 heavy (non-hydrogen) atoms. The maximum atomic E-state index is 14.3. The lowest BCUT2D eigenvalue weighted by Crippen LogP contribution is -2.27. The molecule has 0 fully saturated rings. The summed E-state index contributed by atoms with van der Waals surface area (Å²) in [7, 11) is -3.92. The Morgan fingerprint density at radius 3 is 2.51 bits per heavy atom. The average Bonchev–Trinajstić information content (AvgIpc) is 3.43. The van der Waals surface area contributed by atoms with Crippen molar-refractivity contribution in [3.05, 3.63) is 70.6 Å². The first-order valence-corrected chi connectivity index (χ1v) is 12.7. The van der Waals surface area contributed by atoms with E-state index in [0.717, 1.165) is 24.7 Å². The molecule has 1 unspecified atom stereocenters. The van der Waals surface area contributed by atoms with Crippen LogP contribution in [-0.2, 0) is 16.4 Å². The molecule has 1 heterocycles. The van der Waals surface area contributed by atoms with Crippen LogP contribution in [-0.4, -0.2) is 31.7 Å². The number of hydrogen-bond acceptors (Lipinski definition) is 6. The number of carbonyl (C=O) groups is 1. The van der Waals surface area contributed by atoms with Crippen molar-refractivity contribution in [2.24, 2.45) is 0 Å². The summed E-state index contributed by atoms with van der Waals surface area (Å²) < 4.78 is 103. The quantitative estimate of drug-likeness (QED) is 0.395. The Labute approximate surface area is 207 Å². The van der Waals surface area contributed by atoms with Gasteiger partial charge in [-0.2, -0.15) is 18.2 Å². The number of sulfonamides is 1. The van der Waals surface area contributed by atoms with Gasteiger partial charge in [-0.25, -0.2) is 17.2 Å². The van der Waals surface area contributed by atoms with Crippen LogP contribution in [0.2, 0.25) is 0 Å². The highest BCUT2D eigenvalue weighted by molar-refractivity contribution is 7.92. The molecule has 0 aliphatic heterocycles. The van der Waals surface area contributed by atoms with Crippen LogP contribution in [0.5, 0.6) is 11.8 Å². The van der Waals surface area contributed by atoms with E-state index < -0.39 is 51.4 Å². The molecule has 4 rings (SSSR count). The fourth-order valence-electron chi connectivity index (χ4n) is 4.04. The molecule has 2 N–H and O–H groups in total. The van der Waals surface area contributed by atoms with Gasteiger partial charge in [-0.15, -0.1) is 0 Å². The van der Waals surface area contributed by atoms with Gasteiger partial charge in [0.15, 0.2) is 17.3 Å². The van der Waals surface area contributed by atoms with E-state index in [2.05, 4.69) is 10.3 Å². The molecule has 0 spiro atoms. The van der Waals surface area contributed by atoms with Crippen LogP contribution < -0.4 is 14.8 Å². The standard InChI is InChI=1S/C23H20F5N3O5S/c1-11(12-8-16(24)20(17(25)9-12)31-37(2,33)34)29-21(32)18-10-35-22(30-18)36-19-5-3-4-13-14(19)6-7-15(13)23(26,27)28/h3-5,8-11,15,31H,6-7H2,1-2H3,(H,29,32)/t11-,15?/m1/s1.